The maximum Gasteiger partial charge on any atom is 0.284 e. The Labute approximate surface area is 61.0 Å². The van der Waals surface area contributed by atoms with Crippen LogP contribution in [0.2, 0.25) is 0 Å². The number of amides is 1. The second-order valence-electron chi connectivity index (χ2n) is 1.51. The predicted octanol–water partition coefficient (Wildman–Crippen LogP) is -0.438. The van der Waals surface area contributed by atoms with Gasteiger partial charge in [0, 0.05) is 0 Å². The zero-order chi connectivity index (χ0) is 7.07. The van der Waals surface area contributed by atoms with E-state index >= 15 is 0 Å². The summed E-state index contributed by atoms with van der Waals surface area (Å²) in [7, 11) is 0. The van der Waals surface area contributed by atoms with Crippen LogP contribution in [0.25, 0.3) is 0 Å². The summed E-state index contributed by atoms with van der Waals surface area (Å²) < 4.78 is -1.67. The fourth-order valence-corrected chi connectivity index (χ4v) is 0.537. The molecule has 9 heavy (non-hydrogen) atoms. The molecule has 4 nitrogen and oxygen atoms in total. The Morgan fingerprint density at radius 1 is 1.67 bits per heavy atom. The molecule has 6 heteroatoms. The molecule has 0 unspecified atom stereocenters. The van der Waals surface area contributed by atoms with E-state index in [9.17, 15) is 4.79 Å². The van der Waals surface area contributed by atoms with Gasteiger partial charge in [0.2, 0.25) is 0 Å². The first-order valence-electron chi connectivity index (χ1n) is 2.07. The van der Waals surface area contributed by atoms with E-state index in [0.717, 1.165) is 0 Å². The lowest BCUT2D eigenvalue weighted by molar-refractivity contribution is -0.119. The molecule has 1 aliphatic rings. The number of amidine groups is 1. The molecular formula is C3H3Cl2N3O. The van der Waals surface area contributed by atoms with Crippen molar-refractivity contribution >= 4 is 34.9 Å². The van der Waals surface area contributed by atoms with Crippen LogP contribution in [0, 0.1) is 0 Å². The normalized spacial score (nSPS) is 23.3. The molecule has 1 aliphatic heterocycles. The van der Waals surface area contributed by atoms with Gasteiger partial charge in [-0.2, -0.15) is 5.10 Å². The van der Waals surface area contributed by atoms with Crippen molar-refractivity contribution in [1.82, 2.24) is 5.43 Å². The van der Waals surface area contributed by atoms with Gasteiger partial charge >= 0.3 is 0 Å². The number of rotatable bonds is 0. The molecule has 1 amide bonds. The number of hydrogen-bond donors (Lipinski definition) is 2. The minimum absolute atomic E-state index is 0.115. The molecule has 0 aromatic heterocycles. The lowest BCUT2D eigenvalue weighted by Crippen LogP contribution is -2.38. The molecule has 0 spiro atoms. The van der Waals surface area contributed by atoms with Gasteiger partial charge in [0.05, 0.1) is 0 Å². The van der Waals surface area contributed by atoms with Crippen molar-refractivity contribution in [3.8, 4) is 0 Å². The van der Waals surface area contributed by atoms with Crippen LogP contribution in [0.3, 0.4) is 0 Å². The quantitative estimate of drug-likeness (QED) is 0.481. The zero-order valence-corrected chi connectivity index (χ0v) is 5.70. The number of hydrogen-bond acceptors (Lipinski definition) is 3. The van der Waals surface area contributed by atoms with Gasteiger partial charge in [-0.15, -0.1) is 0 Å². The third-order valence-corrected chi connectivity index (χ3v) is 1.62. The Kier molecular flexibility index (Phi) is 1.29. The minimum Gasteiger partial charge on any atom is -0.383 e. The highest BCUT2D eigenvalue weighted by molar-refractivity contribution is 6.68. The van der Waals surface area contributed by atoms with Crippen LogP contribution in [0.15, 0.2) is 5.10 Å². The molecule has 0 saturated carbocycles. The van der Waals surface area contributed by atoms with E-state index in [-0.39, 0.29) is 5.84 Å². The molecule has 0 saturated heterocycles. The van der Waals surface area contributed by atoms with Crippen molar-refractivity contribution in [1.29, 1.82) is 0 Å². The van der Waals surface area contributed by atoms with Crippen molar-refractivity contribution in [3.63, 3.8) is 0 Å². The number of nitrogens with two attached hydrogens (primary N) is 1. The Morgan fingerprint density at radius 2 is 2.22 bits per heavy atom. The van der Waals surface area contributed by atoms with Gasteiger partial charge in [-0.3, -0.25) is 4.79 Å². The number of carbonyl (C=O) groups excluding carboxylic acids is 1. The standard InChI is InChI=1S/C3H3Cl2N3O/c4-3(5)1(6)7-8-2(3)9/h(H2,6,7)(H,8,9). The van der Waals surface area contributed by atoms with Crippen molar-refractivity contribution < 1.29 is 4.79 Å². The van der Waals surface area contributed by atoms with Crippen LogP contribution in [-0.2, 0) is 4.79 Å². The summed E-state index contributed by atoms with van der Waals surface area (Å²) in [6, 6.07) is 0. The summed E-state index contributed by atoms with van der Waals surface area (Å²) in [5.41, 5.74) is 7.13. The number of alkyl halides is 2. The summed E-state index contributed by atoms with van der Waals surface area (Å²) in [6.07, 6.45) is 0. The Morgan fingerprint density at radius 3 is 2.33 bits per heavy atom. The summed E-state index contributed by atoms with van der Waals surface area (Å²) >= 11 is 10.7. The lowest BCUT2D eigenvalue weighted by Gasteiger charge is -2.05. The summed E-state index contributed by atoms with van der Waals surface area (Å²) in [6.45, 7) is 0. The van der Waals surface area contributed by atoms with E-state index < -0.39 is 10.2 Å². The topological polar surface area (TPSA) is 67.5 Å². The molecule has 0 aromatic rings. The van der Waals surface area contributed by atoms with Gasteiger partial charge in [0.25, 0.3) is 10.2 Å². The van der Waals surface area contributed by atoms with Crippen molar-refractivity contribution in [2.45, 2.75) is 4.33 Å². The molecule has 0 fully saturated rings. The van der Waals surface area contributed by atoms with E-state index in [2.05, 4.69) is 5.10 Å². The highest BCUT2D eigenvalue weighted by Gasteiger charge is 2.42. The molecule has 0 aromatic carbocycles. The molecule has 0 atom stereocenters. The number of nitrogens with one attached hydrogen (secondary N) is 1. The van der Waals surface area contributed by atoms with Crippen molar-refractivity contribution in [2.24, 2.45) is 10.8 Å². The smallest absolute Gasteiger partial charge is 0.284 e. The van der Waals surface area contributed by atoms with Crippen LogP contribution in [-0.4, -0.2) is 16.1 Å². The number of halogens is 2. The first-order chi connectivity index (χ1) is 4.05. The molecular weight excluding hydrogens is 165 g/mol. The van der Waals surface area contributed by atoms with Crippen LogP contribution in [0.1, 0.15) is 0 Å². The molecule has 1 rings (SSSR count). The Balaban J connectivity index is 2.93. The number of nitrogens with zero attached hydrogens (tertiary/aromatic N) is 1. The monoisotopic (exact) mass is 167 g/mol. The second-order valence-corrected chi connectivity index (χ2v) is 2.84. The molecule has 0 aliphatic carbocycles. The fourth-order valence-electron chi connectivity index (χ4n) is 0.368. The third-order valence-electron chi connectivity index (χ3n) is 0.885. The van der Waals surface area contributed by atoms with Crippen molar-refractivity contribution in [3.05, 3.63) is 0 Å². The van der Waals surface area contributed by atoms with Crippen LogP contribution in [0.4, 0.5) is 0 Å². The lowest BCUT2D eigenvalue weighted by atomic mass is 10.4. The highest BCUT2D eigenvalue weighted by atomic mass is 35.5. The maximum absolute atomic E-state index is 10.5. The molecule has 0 radical (unpaired) electrons. The summed E-state index contributed by atoms with van der Waals surface area (Å²) in [5, 5.41) is 3.30. The average Bonchev–Trinajstić information content (AvgIpc) is 1.96. The predicted molar refractivity (Wildman–Crippen MR) is 34.2 cm³/mol. The van der Waals surface area contributed by atoms with E-state index in [1.165, 1.54) is 0 Å². The number of carbonyl (C=O) groups is 1. The van der Waals surface area contributed by atoms with Crippen LogP contribution >= 0.6 is 23.2 Å². The maximum atomic E-state index is 10.5. The zero-order valence-electron chi connectivity index (χ0n) is 4.19. The highest BCUT2D eigenvalue weighted by Crippen LogP contribution is 2.23. The average molecular weight is 168 g/mol. The Hall–Kier alpha value is -0.480. The first-order valence-corrected chi connectivity index (χ1v) is 2.82. The Bertz CT molecular complexity index is 187. The summed E-state index contributed by atoms with van der Waals surface area (Å²) in [5.74, 6) is -0.723. The molecule has 50 valence electrons. The largest absolute Gasteiger partial charge is 0.383 e. The SMILES string of the molecule is NC1=NNC(=O)C1(Cl)Cl. The van der Waals surface area contributed by atoms with E-state index in [0.29, 0.717) is 0 Å². The van der Waals surface area contributed by atoms with Gasteiger partial charge in [-0.05, 0) is 0 Å². The number of hydrazone groups is 1. The van der Waals surface area contributed by atoms with Crippen LogP contribution < -0.4 is 11.2 Å². The molecule has 0 bridgehead atoms. The molecule has 1 heterocycles. The van der Waals surface area contributed by atoms with Gasteiger partial charge in [-0.1, -0.05) is 23.2 Å². The van der Waals surface area contributed by atoms with Gasteiger partial charge in [0.15, 0.2) is 5.84 Å². The third kappa shape index (κ3) is 0.840. The van der Waals surface area contributed by atoms with Crippen LogP contribution in [0.5, 0.6) is 0 Å². The minimum atomic E-state index is -1.67. The second kappa shape index (κ2) is 1.75. The van der Waals surface area contributed by atoms with Gasteiger partial charge in [0.1, 0.15) is 0 Å². The van der Waals surface area contributed by atoms with E-state index in [1.807, 2.05) is 5.43 Å². The van der Waals surface area contributed by atoms with Crippen molar-refractivity contribution in [2.75, 3.05) is 0 Å². The van der Waals surface area contributed by atoms with Gasteiger partial charge < -0.3 is 5.73 Å². The fraction of sp³-hybridized carbons (Fsp3) is 0.333. The first kappa shape index (κ1) is 6.64. The van der Waals surface area contributed by atoms with E-state index in [4.69, 9.17) is 28.9 Å². The van der Waals surface area contributed by atoms with E-state index in [1.54, 1.807) is 0 Å². The van der Waals surface area contributed by atoms with Gasteiger partial charge in [-0.25, -0.2) is 5.43 Å². The summed E-state index contributed by atoms with van der Waals surface area (Å²) in [4.78, 5) is 10.5. The molecule has 3 N–H and O–H groups in total.